The highest BCUT2D eigenvalue weighted by Gasteiger charge is 2.25. The van der Waals surface area contributed by atoms with Crippen LogP contribution in [0.25, 0.3) is 0 Å². The van der Waals surface area contributed by atoms with Gasteiger partial charge in [-0.2, -0.15) is 0 Å². The molecular formula is C19H38IN5O. The summed E-state index contributed by atoms with van der Waals surface area (Å²) in [6, 6.07) is 0. The van der Waals surface area contributed by atoms with Crippen molar-refractivity contribution in [2.24, 2.45) is 28.5 Å². The minimum absolute atomic E-state index is 0. The number of rotatable bonds is 6. The number of carbonyl (C=O) groups is 1. The molecule has 152 valence electrons. The Morgan fingerprint density at radius 2 is 1.92 bits per heavy atom. The van der Waals surface area contributed by atoms with E-state index >= 15 is 0 Å². The third-order valence-corrected chi connectivity index (χ3v) is 5.31. The Morgan fingerprint density at radius 1 is 1.23 bits per heavy atom. The average Bonchev–Trinajstić information content (AvgIpc) is 2.57. The predicted octanol–water partition coefficient (Wildman–Crippen LogP) is 2.14. The van der Waals surface area contributed by atoms with Crippen molar-refractivity contribution in [3.63, 3.8) is 0 Å². The van der Waals surface area contributed by atoms with Crippen LogP contribution in [0, 0.1) is 17.8 Å². The topological polar surface area (TPSA) is 74.0 Å². The van der Waals surface area contributed by atoms with E-state index in [0.29, 0.717) is 0 Å². The van der Waals surface area contributed by atoms with E-state index in [1.165, 1.54) is 6.42 Å². The zero-order valence-corrected chi connectivity index (χ0v) is 19.1. The van der Waals surface area contributed by atoms with Crippen molar-refractivity contribution in [1.82, 2.24) is 15.1 Å². The van der Waals surface area contributed by atoms with Gasteiger partial charge in [0.15, 0.2) is 5.96 Å². The van der Waals surface area contributed by atoms with Crippen LogP contribution in [0.5, 0.6) is 0 Å². The van der Waals surface area contributed by atoms with Gasteiger partial charge in [0.25, 0.3) is 0 Å². The quantitative estimate of drug-likeness (QED) is 0.265. The number of carbonyl (C=O) groups excluding carboxylic acids is 1. The first-order chi connectivity index (χ1) is 12.0. The van der Waals surface area contributed by atoms with Crippen molar-refractivity contribution in [3.8, 4) is 0 Å². The molecule has 0 spiro atoms. The van der Waals surface area contributed by atoms with Crippen molar-refractivity contribution in [1.29, 1.82) is 0 Å². The number of aliphatic imine (C=N–C) groups is 1. The summed E-state index contributed by atoms with van der Waals surface area (Å²) in [7, 11) is 0. The molecule has 3 N–H and O–H groups in total. The summed E-state index contributed by atoms with van der Waals surface area (Å²) >= 11 is 0. The van der Waals surface area contributed by atoms with E-state index in [9.17, 15) is 4.79 Å². The molecule has 2 heterocycles. The second kappa shape index (κ2) is 12.0. The van der Waals surface area contributed by atoms with Gasteiger partial charge in [-0.25, -0.2) is 0 Å². The fraction of sp³-hybridized carbons (Fsp3) is 0.895. The van der Waals surface area contributed by atoms with Gasteiger partial charge in [-0.05, 0) is 57.5 Å². The highest BCUT2D eigenvalue weighted by molar-refractivity contribution is 14.0. The molecule has 0 aromatic rings. The van der Waals surface area contributed by atoms with Crippen molar-refractivity contribution >= 4 is 35.8 Å². The van der Waals surface area contributed by atoms with Gasteiger partial charge < -0.3 is 20.9 Å². The predicted molar refractivity (Wildman–Crippen MR) is 119 cm³/mol. The molecule has 2 saturated heterocycles. The minimum atomic E-state index is -0.148. The molecule has 0 saturated carbocycles. The maximum atomic E-state index is 11.4. The zero-order chi connectivity index (χ0) is 18.2. The Labute approximate surface area is 176 Å². The maximum absolute atomic E-state index is 11.4. The second-order valence-corrected chi connectivity index (χ2v) is 7.98. The first-order valence-corrected chi connectivity index (χ1v) is 10.0. The molecule has 6 nitrogen and oxygen atoms in total. The van der Waals surface area contributed by atoms with Crippen molar-refractivity contribution < 1.29 is 4.79 Å². The number of halogens is 1. The van der Waals surface area contributed by atoms with Gasteiger partial charge in [0.2, 0.25) is 5.91 Å². The molecule has 0 aromatic heterocycles. The molecule has 2 fully saturated rings. The van der Waals surface area contributed by atoms with Gasteiger partial charge in [0.05, 0.1) is 5.92 Å². The van der Waals surface area contributed by atoms with Crippen LogP contribution in [0.3, 0.4) is 0 Å². The van der Waals surface area contributed by atoms with E-state index in [-0.39, 0.29) is 35.8 Å². The summed E-state index contributed by atoms with van der Waals surface area (Å²) in [5, 5.41) is 3.46. The first-order valence-electron chi connectivity index (χ1n) is 10.0. The van der Waals surface area contributed by atoms with Crippen LogP contribution >= 0.6 is 24.0 Å². The van der Waals surface area contributed by atoms with Crippen LogP contribution in [-0.2, 0) is 4.79 Å². The van der Waals surface area contributed by atoms with Gasteiger partial charge in [-0.3, -0.25) is 9.79 Å². The van der Waals surface area contributed by atoms with Gasteiger partial charge in [-0.1, -0.05) is 13.8 Å². The summed E-state index contributed by atoms with van der Waals surface area (Å²) in [6.45, 7) is 13.6. The van der Waals surface area contributed by atoms with Crippen LogP contribution in [0.1, 0.15) is 46.5 Å². The molecule has 3 unspecified atom stereocenters. The number of piperidine rings is 2. The summed E-state index contributed by atoms with van der Waals surface area (Å²) in [5.74, 6) is 2.41. The summed E-state index contributed by atoms with van der Waals surface area (Å²) < 4.78 is 0. The number of likely N-dealkylation sites (tertiary alicyclic amines) is 2. The van der Waals surface area contributed by atoms with Gasteiger partial charge in [0.1, 0.15) is 0 Å². The highest BCUT2D eigenvalue weighted by atomic mass is 127. The van der Waals surface area contributed by atoms with Crippen LogP contribution in [0.15, 0.2) is 4.99 Å². The molecule has 7 heteroatoms. The number of hydrogen-bond donors (Lipinski definition) is 2. The molecule has 3 atom stereocenters. The van der Waals surface area contributed by atoms with Crippen molar-refractivity contribution in [3.05, 3.63) is 0 Å². The molecule has 2 aliphatic rings. The van der Waals surface area contributed by atoms with Crippen LogP contribution in [-0.4, -0.2) is 67.5 Å². The SMILES string of the molecule is CCNC(=NCCCN1CCCC(C(N)=O)C1)N1CC(C)CC(C)C1.I. The number of amides is 1. The molecule has 0 aromatic carbocycles. The zero-order valence-electron chi connectivity index (χ0n) is 16.7. The minimum Gasteiger partial charge on any atom is -0.369 e. The average molecular weight is 479 g/mol. The molecule has 26 heavy (non-hydrogen) atoms. The second-order valence-electron chi connectivity index (χ2n) is 7.98. The maximum Gasteiger partial charge on any atom is 0.221 e. The van der Waals surface area contributed by atoms with E-state index in [1.807, 2.05) is 0 Å². The number of nitrogens with zero attached hydrogens (tertiary/aromatic N) is 3. The van der Waals surface area contributed by atoms with Crippen LogP contribution in [0.4, 0.5) is 0 Å². The first kappa shape index (κ1) is 23.5. The molecule has 2 rings (SSSR count). The van der Waals surface area contributed by atoms with E-state index in [2.05, 4.69) is 35.9 Å². The third kappa shape index (κ3) is 7.58. The van der Waals surface area contributed by atoms with Crippen LogP contribution in [0.2, 0.25) is 0 Å². The van der Waals surface area contributed by atoms with Crippen molar-refractivity contribution in [2.45, 2.75) is 46.5 Å². The van der Waals surface area contributed by atoms with E-state index in [4.69, 9.17) is 10.7 Å². The monoisotopic (exact) mass is 479 g/mol. The molecule has 0 aliphatic carbocycles. The normalized spacial score (nSPS) is 27.7. The molecule has 0 bridgehead atoms. The van der Waals surface area contributed by atoms with Gasteiger partial charge in [0, 0.05) is 32.7 Å². The summed E-state index contributed by atoms with van der Waals surface area (Å²) in [5.41, 5.74) is 5.46. The lowest BCUT2D eigenvalue weighted by Gasteiger charge is -2.37. The number of hydrogen-bond acceptors (Lipinski definition) is 3. The Bertz CT molecular complexity index is 449. The van der Waals surface area contributed by atoms with Crippen molar-refractivity contribution in [2.75, 3.05) is 45.8 Å². The Morgan fingerprint density at radius 3 is 2.54 bits per heavy atom. The van der Waals surface area contributed by atoms with E-state index in [0.717, 1.165) is 82.9 Å². The lowest BCUT2D eigenvalue weighted by Crippen LogP contribution is -2.48. The lowest BCUT2D eigenvalue weighted by molar-refractivity contribution is -0.123. The molecule has 1 amide bonds. The Hall–Kier alpha value is -0.570. The number of nitrogens with two attached hydrogens (primary N) is 1. The Kier molecular flexibility index (Phi) is 10.8. The summed E-state index contributed by atoms with van der Waals surface area (Å²) in [4.78, 5) is 21.0. The fourth-order valence-corrected chi connectivity index (χ4v) is 4.23. The number of primary amides is 1. The highest BCUT2D eigenvalue weighted by Crippen LogP contribution is 2.21. The summed E-state index contributed by atoms with van der Waals surface area (Å²) in [6.07, 6.45) is 4.36. The van der Waals surface area contributed by atoms with Crippen LogP contribution < -0.4 is 11.1 Å². The van der Waals surface area contributed by atoms with E-state index < -0.39 is 0 Å². The molecular weight excluding hydrogens is 441 g/mol. The third-order valence-electron chi connectivity index (χ3n) is 5.31. The lowest BCUT2D eigenvalue weighted by atomic mass is 9.92. The Balaban J connectivity index is 0.00000338. The fourth-order valence-electron chi connectivity index (χ4n) is 4.23. The largest absolute Gasteiger partial charge is 0.369 e. The van der Waals surface area contributed by atoms with Gasteiger partial charge in [-0.15, -0.1) is 24.0 Å². The molecule has 2 aliphatic heterocycles. The number of nitrogens with one attached hydrogen (secondary N) is 1. The van der Waals surface area contributed by atoms with E-state index in [1.54, 1.807) is 0 Å². The van der Waals surface area contributed by atoms with Gasteiger partial charge >= 0.3 is 0 Å². The number of guanidine groups is 1. The standard InChI is InChI=1S/C19H37N5O.HI/c1-4-21-19(24-12-15(2)11-16(3)13-24)22-8-6-10-23-9-5-7-17(14-23)18(20)25;/h15-17H,4-14H2,1-3H3,(H2,20,25)(H,21,22);1H. The molecule has 0 radical (unpaired) electrons. The smallest absolute Gasteiger partial charge is 0.221 e.